The molecule has 2 heterocycles. The van der Waals surface area contributed by atoms with Crippen molar-refractivity contribution < 1.29 is 9.59 Å². The topological polar surface area (TPSA) is 87.5 Å². The molecule has 1 aromatic rings. The monoisotopic (exact) mass is 358 g/mol. The fourth-order valence-electron chi connectivity index (χ4n) is 3.94. The van der Waals surface area contributed by atoms with Crippen LogP contribution in [-0.4, -0.2) is 38.0 Å². The Bertz CT molecular complexity index is 635. The summed E-state index contributed by atoms with van der Waals surface area (Å²) in [7, 11) is 0. The molecule has 0 aromatic heterocycles. The summed E-state index contributed by atoms with van der Waals surface area (Å²) in [5.41, 5.74) is 7.65. The second kappa shape index (κ2) is 9.03. The van der Waals surface area contributed by atoms with Gasteiger partial charge in [-0.25, -0.2) is 0 Å². The molecule has 2 saturated heterocycles. The summed E-state index contributed by atoms with van der Waals surface area (Å²) in [6, 6.07) is 5.40. The van der Waals surface area contributed by atoms with Crippen LogP contribution in [0.3, 0.4) is 0 Å². The third-order valence-electron chi connectivity index (χ3n) is 5.48. The van der Waals surface area contributed by atoms with Crippen molar-refractivity contribution in [3.63, 3.8) is 0 Å². The molecular weight excluding hydrogens is 328 g/mol. The average Bonchev–Trinajstić information content (AvgIpc) is 2.67. The van der Waals surface area contributed by atoms with Gasteiger partial charge in [0.15, 0.2) is 0 Å². The minimum atomic E-state index is -0.422. The van der Waals surface area contributed by atoms with Gasteiger partial charge in [-0.2, -0.15) is 0 Å². The molecule has 2 aliphatic rings. The van der Waals surface area contributed by atoms with Gasteiger partial charge in [0.2, 0.25) is 5.91 Å². The van der Waals surface area contributed by atoms with E-state index in [2.05, 4.69) is 15.5 Å². The summed E-state index contributed by atoms with van der Waals surface area (Å²) in [5, 5.41) is 6.34. The highest BCUT2D eigenvalue weighted by Crippen LogP contribution is 2.28. The van der Waals surface area contributed by atoms with Gasteiger partial charge < -0.3 is 21.3 Å². The van der Waals surface area contributed by atoms with Crippen molar-refractivity contribution in [1.29, 1.82) is 0 Å². The van der Waals surface area contributed by atoms with E-state index in [1.54, 1.807) is 12.1 Å². The minimum Gasteiger partial charge on any atom is -0.371 e. The fraction of sp³-hybridized carbons (Fsp3) is 0.600. The van der Waals surface area contributed by atoms with E-state index >= 15 is 0 Å². The zero-order valence-electron chi connectivity index (χ0n) is 15.4. The van der Waals surface area contributed by atoms with Crippen molar-refractivity contribution in [2.75, 3.05) is 36.4 Å². The van der Waals surface area contributed by atoms with Gasteiger partial charge >= 0.3 is 0 Å². The SMILES string of the molecule is NC(=O)c1ccc(NC(=O)CCC2CCNCC2)cc1N1CCCCC1. The Hall–Kier alpha value is -2.08. The van der Waals surface area contributed by atoms with Gasteiger partial charge in [-0.15, -0.1) is 0 Å². The molecule has 0 bridgehead atoms. The molecule has 6 nitrogen and oxygen atoms in total. The highest BCUT2D eigenvalue weighted by molar-refractivity contribution is 6.00. The Labute approximate surface area is 155 Å². The number of hydrogen-bond acceptors (Lipinski definition) is 4. The molecule has 2 amide bonds. The Morgan fingerprint density at radius 1 is 1.15 bits per heavy atom. The fourth-order valence-corrected chi connectivity index (χ4v) is 3.94. The third kappa shape index (κ3) is 4.97. The van der Waals surface area contributed by atoms with Crippen molar-refractivity contribution >= 4 is 23.2 Å². The third-order valence-corrected chi connectivity index (χ3v) is 5.48. The smallest absolute Gasteiger partial charge is 0.250 e. The van der Waals surface area contributed by atoms with E-state index in [4.69, 9.17) is 5.73 Å². The largest absolute Gasteiger partial charge is 0.371 e. The van der Waals surface area contributed by atoms with E-state index in [1.807, 2.05) is 6.07 Å². The molecule has 0 aliphatic carbocycles. The summed E-state index contributed by atoms with van der Waals surface area (Å²) in [5.74, 6) is 0.262. The van der Waals surface area contributed by atoms with Crippen molar-refractivity contribution in [2.45, 2.75) is 44.9 Å². The highest BCUT2D eigenvalue weighted by Gasteiger charge is 2.19. The first kappa shape index (κ1) is 18.7. The van der Waals surface area contributed by atoms with Crippen LogP contribution in [0.5, 0.6) is 0 Å². The Balaban J connectivity index is 1.63. The van der Waals surface area contributed by atoms with E-state index in [1.165, 1.54) is 6.42 Å². The number of piperidine rings is 2. The molecule has 2 aliphatic heterocycles. The number of anilines is 2. The van der Waals surface area contributed by atoms with Gasteiger partial charge in [0.1, 0.15) is 0 Å². The first-order valence-corrected chi connectivity index (χ1v) is 9.83. The molecule has 3 rings (SSSR count). The van der Waals surface area contributed by atoms with Crippen LogP contribution in [0, 0.1) is 5.92 Å². The first-order valence-electron chi connectivity index (χ1n) is 9.83. The summed E-state index contributed by atoms with van der Waals surface area (Å²) in [6.07, 6.45) is 7.23. The second-order valence-electron chi connectivity index (χ2n) is 7.42. The van der Waals surface area contributed by atoms with Crippen LogP contribution in [0.25, 0.3) is 0 Å². The van der Waals surface area contributed by atoms with Crippen LogP contribution in [-0.2, 0) is 4.79 Å². The molecule has 0 radical (unpaired) electrons. The molecule has 2 fully saturated rings. The molecule has 0 saturated carbocycles. The van der Waals surface area contributed by atoms with Crippen molar-refractivity contribution in [2.24, 2.45) is 11.7 Å². The molecule has 0 unspecified atom stereocenters. The normalized spacial score (nSPS) is 18.5. The van der Waals surface area contributed by atoms with E-state index < -0.39 is 5.91 Å². The molecule has 0 spiro atoms. The zero-order valence-corrected chi connectivity index (χ0v) is 15.4. The summed E-state index contributed by atoms with van der Waals surface area (Å²) < 4.78 is 0. The number of benzene rings is 1. The molecule has 4 N–H and O–H groups in total. The van der Waals surface area contributed by atoms with Crippen LogP contribution < -0.4 is 21.3 Å². The van der Waals surface area contributed by atoms with Crippen LogP contribution in [0.1, 0.15) is 55.3 Å². The first-order chi connectivity index (χ1) is 12.6. The number of nitrogens with two attached hydrogens (primary N) is 1. The average molecular weight is 358 g/mol. The summed E-state index contributed by atoms with van der Waals surface area (Å²) >= 11 is 0. The maximum absolute atomic E-state index is 12.3. The molecule has 26 heavy (non-hydrogen) atoms. The zero-order chi connectivity index (χ0) is 18.4. The predicted octanol–water partition coefficient (Wildman–Crippen LogP) is 2.49. The van der Waals surface area contributed by atoms with Gasteiger partial charge in [0.25, 0.3) is 5.91 Å². The molecular formula is C20H30N4O2. The number of carbonyl (C=O) groups is 2. The lowest BCUT2D eigenvalue weighted by Crippen LogP contribution is -2.31. The highest BCUT2D eigenvalue weighted by atomic mass is 16.2. The van der Waals surface area contributed by atoms with Crippen LogP contribution in [0.2, 0.25) is 0 Å². The van der Waals surface area contributed by atoms with Crippen molar-refractivity contribution in [3.05, 3.63) is 23.8 Å². The molecule has 1 aromatic carbocycles. The molecule has 142 valence electrons. The summed E-state index contributed by atoms with van der Waals surface area (Å²) in [6.45, 7) is 3.96. The number of nitrogens with one attached hydrogen (secondary N) is 2. The second-order valence-corrected chi connectivity index (χ2v) is 7.42. The number of rotatable bonds is 6. The number of hydrogen-bond donors (Lipinski definition) is 3. The number of primary amides is 1. The Morgan fingerprint density at radius 3 is 2.58 bits per heavy atom. The van der Waals surface area contributed by atoms with E-state index in [0.29, 0.717) is 17.9 Å². The number of nitrogens with zero attached hydrogens (tertiary/aromatic N) is 1. The van der Waals surface area contributed by atoms with E-state index in [-0.39, 0.29) is 5.91 Å². The predicted molar refractivity (Wildman–Crippen MR) is 104 cm³/mol. The minimum absolute atomic E-state index is 0.0416. The van der Waals surface area contributed by atoms with Crippen molar-refractivity contribution in [3.8, 4) is 0 Å². The quantitative estimate of drug-likeness (QED) is 0.729. The van der Waals surface area contributed by atoms with Crippen LogP contribution in [0.4, 0.5) is 11.4 Å². The molecule has 0 atom stereocenters. The van der Waals surface area contributed by atoms with Gasteiger partial charge in [-0.3, -0.25) is 9.59 Å². The maximum Gasteiger partial charge on any atom is 0.250 e. The van der Waals surface area contributed by atoms with Gasteiger partial charge in [0.05, 0.1) is 11.3 Å². The van der Waals surface area contributed by atoms with Gasteiger partial charge in [-0.05, 0) is 75.7 Å². The molecule has 6 heteroatoms. The van der Waals surface area contributed by atoms with Crippen LogP contribution in [0.15, 0.2) is 18.2 Å². The van der Waals surface area contributed by atoms with Crippen molar-refractivity contribution in [1.82, 2.24) is 5.32 Å². The van der Waals surface area contributed by atoms with Gasteiger partial charge in [0, 0.05) is 25.2 Å². The number of carbonyl (C=O) groups excluding carboxylic acids is 2. The maximum atomic E-state index is 12.3. The summed E-state index contributed by atoms with van der Waals surface area (Å²) in [4.78, 5) is 26.3. The lowest BCUT2D eigenvalue weighted by atomic mass is 9.93. The Morgan fingerprint density at radius 2 is 1.88 bits per heavy atom. The lowest BCUT2D eigenvalue weighted by molar-refractivity contribution is -0.116. The standard InChI is InChI=1S/C20H30N4O2/c21-20(26)17-6-5-16(14-18(17)24-12-2-1-3-13-24)23-19(25)7-4-15-8-10-22-11-9-15/h5-6,14-15,22H,1-4,7-13H2,(H2,21,26)(H,23,25). The van der Waals surface area contributed by atoms with Gasteiger partial charge in [-0.1, -0.05) is 0 Å². The van der Waals surface area contributed by atoms with Crippen LogP contribution >= 0.6 is 0 Å². The van der Waals surface area contributed by atoms with E-state index in [9.17, 15) is 9.59 Å². The van der Waals surface area contributed by atoms with E-state index in [0.717, 1.165) is 69.7 Å². The Kier molecular flexibility index (Phi) is 6.50. The number of amides is 2. The lowest BCUT2D eigenvalue weighted by Gasteiger charge is -2.30.